The second-order valence-electron chi connectivity index (χ2n) is 5.56. The molecule has 1 aromatic rings. The average molecular weight is 293 g/mol. The van der Waals surface area contributed by atoms with Crippen molar-refractivity contribution in [3.8, 4) is 6.07 Å². The first-order chi connectivity index (χ1) is 9.45. The molecule has 1 aliphatic rings. The van der Waals surface area contributed by atoms with Crippen LogP contribution in [0.5, 0.6) is 0 Å². The second kappa shape index (κ2) is 5.92. The first-order valence-electron chi connectivity index (χ1n) is 6.66. The van der Waals surface area contributed by atoms with E-state index in [2.05, 4.69) is 17.0 Å². The summed E-state index contributed by atoms with van der Waals surface area (Å²) in [4.78, 5) is 0.143. The van der Waals surface area contributed by atoms with Crippen LogP contribution in [0, 0.1) is 16.7 Å². The molecule has 20 heavy (non-hydrogen) atoms. The van der Waals surface area contributed by atoms with Crippen molar-refractivity contribution in [2.24, 2.45) is 5.41 Å². The molecule has 2 N–H and O–H groups in total. The van der Waals surface area contributed by atoms with E-state index in [1.54, 1.807) is 12.1 Å². The predicted molar refractivity (Wildman–Crippen MR) is 76.6 cm³/mol. The molecular weight excluding hydrogens is 274 g/mol. The van der Waals surface area contributed by atoms with E-state index in [4.69, 9.17) is 5.26 Å². The minimum absolute atomic E-state index is 0.0574. The lowest BCUT2D eigenvalue weighted by Gasteiger charge is -2.34. The third-order valence-electron chi connectivity index (χ3n) is 3.65. The number of benzene rings is 1. The van der Waals surface area contributed by atoms with E-state index in [0.717, 1.165) is 25.9 Å². The van der Waals surface area contributed by atoms with E-state index in [9.17, 15) is 8.42 Å². The van der Waals surface area contributed by atoms with Gasteiger partial charge in [0.15, 0.2) is 0 Å². The van der Waals surface area contributed by atoms with Crippen LogP contribution >= 0.6 is 0 Å². The monoisotopic (exact) mass is 293 g/mol. The summed E-state index contributed by atoms with van der Waals surface area (Å²) < 4.78 is 27.1. The van der Waals surface area contributed by atoms with Gasteiger partial charge in [0.05, 0.1) is 16.5 Å². The number of sulfonamides is 1. The van der Waals surface area contributed by atoms with Gasteiger partial charge < -0.3 is 5.32 Å². The van der Waals surface area contributed by atoms with Crippen LogP contribution in [0.4, 0.5) is 0 Å². The van der Waals surface area contributed by atoms with Gasteiger partial charge in [-0.05, 0) is 43.0 Å². The largest absolute Gasteiger partial charge is 0.316 e. The average Bonchev–Trinajstić information content (AvgIpc) is 2.46. The summed E-state index contributed by atoms with van der Waals surface area (Å²) in [5.41, 5.74) is 0.288. The molecule has 0 saturated carbocycles. The number of nitrogens with one attached hydrogen (secondary N) is 2. The summed E-state index contributed by atoms with van der Waals surface area (Å²) in [6.45, 7) is 4.28. The standard InChI is InChI=1S/C14H19N3O2S/c1-14(6-3-7-16-10-14)11-17-20(18,19)13-5-2-4-12(8-13)9-15/h2,4-5,8,16-17H,3,6-7,10-11H2,1H3. The molecule has 0 spiro atoms. The maximum atomic E-state index is 12.2. The molecule has 0 radical (unpaired) electrons. The normalized spacial score (nSPS) is 23.2. The Morgan fingerprint density at radius 3 is 2.95 bits per heavy atom. The van der Waals surface area contributed by atoms with Crippen LogP contribution in [-0.4, -0.2) is 28.1 Å². The topological polar surface area (TPSA) is 82.0 Å². The quantitative estimate of drug-likeness (QED) is 0.874. The Labute approximate surface area is 120 Å². The van der Waals surface area contributed by atoms with E-state index in [-0.39, 0.29) is 10.3 Å². The SMILES string of the molecule is CC1(CNS(=O)(=O)c2cccc(C#N)c2)CCCNC1. The first-order valence-corrected chi connectivity index (χ1v) is 8.14. The molecule has 0 bridgehead atoms. The van der Waals surface area contributed by atoms with Gasteiger partial charge in [-0.3, -0.25) is 0 Å². The molecule has 0 aromatic heterocycles. The van der Waals surface area contributed by atoms with Gasteiger partial charge in [-0.1, -0.05) is 13.0 Å². The molecule has 5 nitrogen and oxygen atoms in total. The van der Waals surface area contributed by atoms with E-state index < -0.39 is 10.0 Å². The molecular formula is C14H19N3O2S. The van der Waals surface area contributed by atoms with Crippen molar-refractivity contribution in [3.63, 3.8) is 0 Å². The van der Waals surface area contributed by atoms with Crippen LogP contribution in [0.3, 0.4) is 0 Å². The first kappa shape index (κ1) is 15.0. The minimum Gasteiger partial charge on any atom is -0.316 e. The van der Waals surface area contributed by atoms with Crippen molar-refractivity contribution in [2.45, 2.75) is 24.7 Å². The number of hydrogen-bond acceptors (Lipinski definition) is 4. The fourth-order valence-electron chi connectivity index (χ4n) is 2.35. The highest BCUT2D eigenvalue weighted by molar-refractivity contribution is 7.89. The summed E-state index contributed by atoms with van der Waals surface area (Å²) >= 11 is 0. The molecule has 1 aliphatic heterocycles. The molecule has 108 valence electrons. The number of rotatable bonds is 4. The summed E-state index contributed by atoms with van der Waals surface area (Å²) in [6, 6.07) is 8.02. The minimum atomic E-state index is -3.56. The molecule has 1 heterocycles. The third kappa shape index (κ3) is 3.57. The van der Waals surface area contributed by atoms with Crippen LogP contribution in [-0.2, 0) is 10.0 Å². The Kier molecular flexibility index (Phi) is 4.43. The summed E-state index contributed by atoms with van der Waals surface area (Å²) in [7, 11) is -3.56. The van der Waals surface area contributed by atoms with Crippen molar-refractivity contribution in [3.05, 3.63) is 29.8 Å². The van der Waals surface area contributed by atoms with Gasteiger partial charge in [0.2, 0.25) is 10.0 Å². The molecule has 1 unspecified atom stereocenters. The zero-order valence-electron chi connectivity index (χ0n) is 11.5. The molecule has 0 amide bonds. The molecule has 1 fully saturated rings. The fraction of sp³-hybridized carbons (Fsp3) is 0.500. The smallest absolute Gasteiger partial charge is 0.240 e. The zero-order valence-corrected chi connectivity index (χ0v) is 12.3. The van der Waals surface area contributed by atoms with Crippen molar-refractivity contribution >= 4 is 10.0 Å². The van der Waals surface area contributed by atoms with Crippen LogP contribution < -0.4 is 10.0 Å². The molecule has 2 rings (SSSR count). The Morgan fingerprint density at radius 2 is 2.30 bits per heavy atom. The summed E-state index contributed by atoms with van der Waals surface area (Å²) in [5.74, 6) is 0. The second-order valence-corrected chi connectivity index (χ2v) is 7.32. The van der Waals surface area contributed by atoms with E-state index in [1.165, 1.54) is 12.1 Å². The number of hydrogen-bond donors (Lipinski definition) is 2. The lowest BCUT2D eigenvalue weighted by atomic mass is 9.83. The van der Waals surface area contributed by atoms with Crippen LogP contribution in [0.15, 0.2) is 29.2 Å². The highest BCUT2D eigenvalue weighted by Crippen LogP contribution is 2.25. The molecule has 6 heteroatoms. The van der Waals surface area contributed by atoms with Gasteiger partial charge in [-0.15, -0.1) is 0 Å². The maximum Gasteiger partial charge on any atom is 0.240 e. The Morgan fingerprint density at radius 1 is 1.50 bits per heavy atom. The van der Waals surface area contributed by atoms with Crippen molar-refractivity contribution in [2.75, 3.05) is 19.6 Å². The number of nitriles is 1. The van der Waals surface area contributed by atoms with Crippen molar-refractivity contribution < 1.29 is 8.42 Å². The highest BCUT2D eigenvalue weighted by Gasteiger charge is 2.28. The van der Waals surface area contributed by atoms with E-state index in [1.807, 2.05) is 6.07 Å². The third-order valence-corrected chi connectivity index (χ3v) is 5.05. The zero-order chi connectivity index (χ0) is 14.6. The van der Waals surface area contributed by atoms with Crippen molar-refractivity contribution in [1.29, 1.82) is 5.26 Å². The van der Waals surface area contributed by atoms with Crippen LogP contribution in [0.2, 0.25) is 0 Å². The van der Waals surface area contributed by atoms with E-state index >= 15 is 0 Å². The number of piperidine rings is 1. The lowest BCUT2D eigenvalue weighted by Crippen LogP contribution is -2.45. The fourth-order valence-corrected chi connectivity index (χ4v) is 3.60. The van der Waals surface area contributed by atoms with Gasteiger partial charge in [0.25, 0.3) is 0 Å². The molecule has 1 saturated heterocycles. The van der Waals surface area contributed by atoms with Crippen molar-refractivity contribution in [1.82, 2.24) is 10.0 Å². The van der Waals surface area contributed by atoms with Gasteiger partial charge in [0, 0.05) is 13.1 Å². The van der Waals surface area contributed by atoms with Gasteiger partial charge in [-0.25, -0.2) is 13.1 Å². The van der Waals surface area contributed by atoms with Gasteiger partial charge in [-0.2, -0.15) is 5.26 Å². The predicted octanol–water partition coefficient (Wildman–Crippen LogP) is 1.23. The highest BCUT2D eigenvalue weighted by atomic mass is 32.2. The Bertz CT molecular complexity index is 614. The Balaban J connectivity index is 2.09. The molecule has 0 aliphatic carbocycles. The van der Waals surface area contributed by atoms with Gasteiger partial charge >= 0.3 is 0 Å². The maximum absolute atomic E-state index is 12.2. The Hall–Kier alpha value is -1.42. The van der Waals surface area contributed by atoms with Crippen LogP contribution in [0.1, 0.15) is 25.3 Å². The summed E-state index contributed by atoms with van der Waals surface area (Å²) in [5, 5.41) is 12.1. The van der Waals surface area contributed by atoms with Crippen LogP contribution in [0.25, 0.3) is 0 Å². The van der Waals surface area contributed by atoms with Gasteiger partial charge in [0.1, 0.15) is 0 Å². The number of nitrogens with zero attached hydrogens (tertiary/aromatic N) is 1. The molecule has 1 atom stereocenters. The molecule has 1 aromatic carbocycles. The summed E-state index contributed by atoms with van der Waals surface area (Å²) in [6.07, 6.45) is 2.06. The van der Waals surface area contributed by atoms with E-state index in [0.29, 0.717) is 12.1 Å². The lowest BCUT2D eigenvalue weighted by molar-refractivity contribution is 0.238.